The number of rotatable bonds is 3. The van der Waals surface area contributed by atoms with E-state index in [0.717, 1.165) is 17.5 Å². The number of carbonyl (C=O) groups excluding carboxylic acids is 2. The van der Waals surface area contributed by atoms with Crippen molar-refractivity contribution in [3.63, 3.8) is 0 Å². The predicted octanol–water partition coefficient (Wildman–Crippen LogP) is 2.61. The van der Waals surface area contributed by atoms with Gasteiger partial charge in [0.05, 0.1) is 0 Å². The standard InChI is InChI=1S/C11H20N2O3.C5H11N/c1-6-8-13(12-9(14)7-2)10(15)16-11(3,4)5;1-2-4-6-5-3-1/h7H,2,6,8H2,1,3-5H3,(H,12,14);6H,1-5H2. The second-order valence-electron chi connectivity index (χ2n) is 6.12. The topological polar surface area (TPSA) is 70.7 Å². The number of amides is 2. The van der Waals surface area contributed by atoms with Gasteiger partial charge in [-0.05, 0) is 59.2 Å². The van der Waals surface area contributed by atoms with E-state index in [9.17, 15) is 9.59 Å². The van der Waals surface area contributed by atoms with Gasteiger partial charge in [0.25, 0.3) is 5.91 Å². The van der Waals surface area contributed by atoms with Crippen molar-refractivity contribution in [1.29, 1.82) is 0 Å². The van der Waals surface area contributed by atoms with Gasteiger partial charge in [-0.15, -0.1) is 0 Å². The Kier molecular flexibility index (Phi) is 10.3. The normalized spacial score (nSPS) is 14.2. The SMILES string of the molecule is C1CCNCC1.C=CC(=O)NN(CCC)C(=O)OC(C)(C)C. The van der Waals surface area contributed by atoms with E-state index in [-0.39, 0.29) is 0 Å². The summed E-state index contributed by atoms with van der Waals surface area (Å²) in [4.78, 5) is 22.7. The lowest BCUT2D eigenvalue weighted by Crippen LogP contribution is -2.48. The van der Waals surface area contributed by atoms with Gasteiger partial charge in [0.2, 0.25) is 0 Å². The van der Waals surface area contributed by atoms with Crippen LogP contribution in [0.3, 0.4) is 0 Å². The van der Waals surface area contributed by atoms with Crippen molar-refractivity contribution in [3.05, 3.63) is 12.7 Å². The summed E-state index contributed by atoms with van der Waals surface area (Å²) in [6.45, 7) is 13.4. The van der Waals surface area contributed by atoms with E-state index in [1.54, 1.807) is 20.8 Å². The van der Waals surface area contributed by atoms with E-state index >= 15 is 0 Å². The van der Waals surface area contributed by atoms with Crippen LogP contribution in [0.15, 0.2) is 12.7 Å². The highest BCUT2D eigenvalue weighted by atomic mass is 16.6. The molecule has 2 N–H and O–H groups in total. The van der Waals surface area contributed by atoms with Crippen LogP contribution in [0.4, 0.5) is 4.79 Å². The first-order valence-electron chi connectivity index (χ1n) is 7.94. The van der Waals surface area contributed by atoms with Gasteiger partial charge in [-0.3, -0.25) is 10.2 Å². The zero-order valence-corrected chi connectivity index (χ0v) is 14.4. The van der Waals surface area contributed by atoms with Crippen LogP contribution in [0.1, 0.15) is 53.4 Å². The third-order valence-electron chi connectivity index (χ3n) is 2.70. The number of nitrogens with zero attached hydrogens (tertiary/aromatic N) is 1. The van der Waals surface area contributed by atoms with Gasteiger partial charge in [0, 0.05) is 6.54 Å². The highest BCUT2D eigenvalue weighted by Crippen LogP contribution is 2.09. The molecule has 0 aromatic carbocycles. The average Bonchev–Trinajstić information content (AvgIpc) is 2.47. The first-order valence-corrected chi connectivity index (χ1v) is 7.94. The summed E-state index contributed by atoms with van der Waals surface area (Å²) in [6.07, 6.45) is 5.47. The Morgan fingerprint density at radius 3 is 2.18 bits per heavy atom. The molecule has 0 saturated carbocycles. The van der Waals surface area contributed by atoms with Crippen LogP contribution in [-0.2, 0) is 9.53 Å². The molecule has 6 heteroatoms. The molecule has 0 aliphatic carbocycles. The molecular weight excluding hydrogens is 282 g/mol. The van der Waals surface area contributed by atoms with Crippen molar-refractivity contribution in [1.82, 2.24) is 15.8 Å². The van der Waals surface area contributed by atoms with Crippen molar-refractivity contribution >= 4 is 12.0 Å². The van der Waals surface area contributed by atoms with Crippen LogP contribution in [0.25, 0.3) is 0 Å². The lowest BCUT2D eigenvalue weighted by Gasteiger charge is -2.26. The smallest absolute Gasteiger partial charge is 0.429 e. The van der Waals surface area contributed by atoms with Gasteiger partial charge >= 0.3 is 6.09 Å². The van der Waals surface area contributed by atoms with Gasteiger partial charge in [-0.2, -0.15) is 0 Å². The molecule has 0 atom stereocenters. The minimum Gasteiger partial charge on any atom is -0.442 e. The fourth-order valence-electron chi connectivity index (χ4n) is 1.71. The highest BCUT2D eigenvalue weighted by Gasteiger charge is 2.22. The van der Waals surface area contributed by atoms with Gasteiger partial charge in [-0.25, -0.2) is 9.80 Å². The Hall–Kier alpha value is -1.56. The van der Waals surface area contributed by atoms with Crippen molar-refractivity contribution in [2.75, 3.05) is 19.6 Å². The monoisotopic (exact) mass is 313 g/mol. The van der Waals surface area contributed by atoms with E-state index < -0.39 is 17.6 Å². The molecule has 1 aliphatic rings. The second kappa shape index (κ2) is 11.1. The molecule has 0 spiro atoms. The minimum absolute atomic E-state index is 0.397. The van der Waals surface area contributed by atoms with Crippen LogP contribution in [-0.4, -0.2) is 42.2 Å². The Bertz CT molecular complexity index is 336. The summed E-state index contributed by atoms with van der Waals surface area (Å²) < 4.78 is 5.14. The zero-order valence-electron chi connectivity index (χ0n) is 14.4. The number of carbonyl (C=O) groups is 2. The van der Waals surface area contributed by atoms with Crippen LogP contribution >= 0.6 is 0 Å². The summed E-state index contributed by atoms with van der Waals surface area (Å²) in [6, 6.07) is 0. The van der Waals surface area contributed by atoms with Crippen LogP contribution in [0.2, 0.25) is 0 Å². The summed E-state index contributed by atoms with van der Waals surface area (Å²) in [5.74, 6) is -0.431. The van der Waals surface area contributed by atoms with E-state index in [2.05, 4.69) is 17.3 Å². The molecule has 0 aromatic heterocycles. The summed E-state index contributed by atoms with van der Waals surface area (Å²) >= 11 is 0. The van der Waals surface area contributed by atoms with Gasteiger partial charge in [-0.1, -0.05) is 19.9 Å². The fourth-order valence-corrected chi connectivity index (χ4v) is 1.71. The molecule has 22 heavy (non-hydrogen) atoms. The lowest BCUT2D eigenvalue weighted by atomic mass is 10.2. The van der Waals surface area contributed by atoms with Crippen molar-refractivity contribution in [2.45, 2.75) is 59.0 Å². The van der Waals surface area contributed by atoms with Crippen LogP contribution in [0, 0.1) is 0 Å². The molecule has 1 aliphatic heterocycles. The number of piperidine rings is 1. The molecule has 1 fully saturated rings. The van der Waals surface area contributed by atoms with Crippen molar-refractivity contribution < 1.29 is 14.3 Å². The number of hydrogen-bond donors (Lipinski definition) is 2. The third-order valence-corrected chi connectivity index (χ3v) is 2.70. The maximum absolute atomic E-state index is 11.7. The lowest BCUT2D eigenvalue weighted by molar-refractivity contribution is -0.121. The predicted molar refractivity (Wildman–Crippen MR) is 88.3 cm³/mol. The first-order chi connectivity index (χ1) is 10.3. The molecule has 2 amide bonds. The van der Waals surface area contributed by atoms with Gasteiger partial charge in [0.15, 0.2) is 0 Å². The Morgan fingerprint density at radius 2 is 1.86 bits per heavy atom. The number of hydrazine groups is 1. The quantitative estimate of drug-likeness (QED) is 0.620. The summed E-state index contributed by atoms with van der Waals surface area (Å²) in [5, 5.41) is 4.43. The molecule has 0 bridgehead atoms. The van der Waals surface area contributed by atoms with Crippen molar-refractivity contribution in [2.24, 2.45) is 0 Å². The van der Waals surface area contributed by atoms with Crippen molar-refractivity contribution in [3.8, 4) is 0 Å². The molecule has 1 heterocycles. The summed E-state index contributed by atoms with van der Waals surface area (Å²) in [5.41, 5.74) is 1.81. The fraction of sp³-hybridized carbons (Fsp3) is 0.750. The highest BCUT2D eigenvalue weighted by molar-refractivity contribution is 5.88. The maximum Gasteiger partial charge on any atom is 0.429 e. The molecule has 1 rings (SSSR count). The first kappa shape index (κ1) is 20.4. The molecule has 0 aromatic rings. The van der Waals surface area contributed by atoms with Gasteiger partial charge in [0.1, 0.15) is 5.60 Å². The molecular formula is C16H31N3O3. The zero-order chi connectivity index (χ0) is 17.0. The maximum atomic E-state index is 11.7. The van der Waals surface area contributed by atoms with Crippen LogP contribution < -0.4 is 10.7 Å². The third kappa shape index (κ3) is 11.1. The van der Waals surface area contributed by atoms with E-state index in [1.807, 2.05) is 6.92 Å². The minimum atomic E-state index is -0.581. The molecule has 6 nitrogen and oxygen atoms in total. The molecule has 0 radical (unpaired) electrons. The Morgan fingerprint density at radius 1 is 1.27 bits per heavy atom. The van der Waals surface area contributed by atoms with Gasteiger partial charge < -0.3 is 10.1 Å². The number of ether oxygens (including phenoxy) is 1. The van der Waals surface area contributed by atoms with Crippen LogP contribution in [0.5, 0.6) is 0 Å². The second-order valence-corrected chi connectivity index (χ2v) is 6.12. The molecule has 1 saturated heterocycles. The average molecular weight is 313 g/mol. The number of nitrogens with one attached hydrogen (secondary N) is 2. The molecule has 128 valence electrons. The molecule has 0 unspecified atom stereocenters. The largest absolute Gasteiger partial charge is 0.442 e. The Balaban J connectivity index is 0.000000604. The van der Waals surface area contributed by atoms with E-state index in [0.29, 0.717) is 6.54 Å². The Labute approximate surface area is 134 Å². The summed E-state index contributed by atoms with van der Waals surface area (Å²) in [7, 11) is 0. The van der Waals surface area contributed by atoms with E-state index in [4.69, 9.17) is 4.74 Å². The number of hydrogen-bond acceptors (Lipinski definition) is 4. The van der Waals surface area contributed by atoms with E-state index in [1.165, 1.54) is 32.4 Å².